The molecule has 0 amide bonds. The van der Waals surface area contributed by atoms with Gasteiger partial charge >= 0.3 is 0 Å². The number of benzene rings is 7. The number of rotatable bonds is 5. The summed E-state index contributed by atoms with van der Waals surface area (Å²) in [6.07, 6.45) is 0. The second-order valence-corrected chi connectivity index (χ2v) is 12.8. The monoisotopic (exact) mass is 650 g/mol. The smallest absolute Gasteiger partial charge is 0.145 e. The summed E-state index contributed by atoms with van der Waals surface area (Å²) in [5.74, 6) is 0.927. The average Bonchev–Trinajstić information content (AvgIpc) is 3.61. The number of hydrogen-bond acceptors (Lipinski definition) is 3. The van der Waals surface area contributed by atoms with Gasteiger partial charge in [-0.1, -0.05) is 133 Å². The molecule has 0 radical (unpaired) electrons. The zero-order valence-electron chi connectivity index (χ0n) is 27.6. The van der Waals surface area contributed by atoms with Crippen molar-refractivity contribution in [2.75, 3.05) is 0 Å². The molecule has 0 aliphatic heterocycles. The predicted octanol–water partition coefficient (Wildman–Crippen LogP) is 11.9. The summed E-state index contributed by atoms with van der Waals surface area (Å²) in [6.45, 7) is 0. The van der Waals surface area contributed by atoms with E-state index in [1.807, 2.05) is 18.2 Å². The molecule has 0 atom stereocenters. The van der Waals surface area contributed by atoms with Gasteiger partial charge in [0, 0.05) is 38.5 Å². The summed E-state index contributed by atoms with van der Waals surface area (Å²) in [7, 11) is 0. The van der Waals surface area contributed by atoms with E-state index >= 15 is 0 Å². The highest BCUT2D eigenvalue weighted by Crippen LogP contribution is 2.38. The van der Waals surface area contributed by atoms with Crippen LogP contribution in [0.25, 0.3) is 94.3 Å². The van der Waals surface area contributed by atoms with E-state index in [0.717, 1.165) is 88.9 Å². The maximum absolute atomic E-state index is 5.28. The lowest BCUT2D eigenvalue weighted by atomic mass is 9.95. The van der Waals surface area contributed by atoms with Gasteiger partial charge in [0.1, 0.15) is 5.82 Å². The van der Waals surface area contributed by atoms with Crippen LogP contribution in [-0.2, 0) is 0 Å². The van der Waals surface area contributed by atoms with Gasteiger partial charge in [0.25, 0.3) is 0 Å². The van der Waals surface area contributed by atoms with Crippen LogP contribution in [0, 0.1) is 0 Å². The molecule has 51 heavy (non-hydrogen) atoms. The minimum absolute atomic E-state index is 0.927. The third kappa shape index (κ3) is 4.96. The highest BCUT2D eigenvalue weighted by molar-refractivity contribution is 6.20. The van der Waals surface area contributed by atoms with Crippen molar-refractivity contribution in [3.63, 3.8) is 0 Å². The zero-order valence-corrected chi connectivity index (χ0v) is 27.6. The van der Waals surface area contributed by atoms with Gasteiger partial charge in [0.05, 0.1) is 33.5 Å². The lowest BCUT2D eigenvalue weighted by Crippen LogP contribution is -1.98. The van der Waals surface area contributed by atoms with E-state index in [1.54, 1.807) is 0 Å². The minimum atomic E-state index is 0.927. The zero-order chi connectivity index (χ0) is 33.7. The van der Waals surface area contributed by atoms with Crippen LogP contribution < -0.4 is 0 Å². The minimum Gasteiger partial charge on any atom is -0.292 e. The third-order valence-corrected chi connectivity index (χ3v) is 9.79. The molecule has 7 aromatic carbocycles. The standard InChI is InChI=1S/C47H30N4/c1-3-12-32(13-4-1)40-28-27-39-42(48-40)29-26-38-37-18-7-8-19-41(37)49-46(45(38)39)33-24-22-31(23-25-33)35-16-11-17-36(30-35)51-44-21-10-9-20-43(44)50-47(51)34-14-5-2-6-15-34/h1-30H. The molecule has 4 nitrogen and oxygen atoms in total. The molecule has 3 heterocycles. The predicted molar refractivity (Wildman–Crippen MR) is 211 cm³/mol. The normalized spacial score (nSPS) is 11.5. The molecule has 4 heteroatoms. The summed E-state index contributed by atoms with van der Waals surface area (Å²) in [4.78, 5) is 15.4. The largest absolute Gasteiger partial charge is 0.292 e. The van der Waals surface area contributed by atoms with Crippen LogP contribution in [0.15, 0.2) is 182 Å². The third-order valence-electron chi connectivity index (χ3n) is 9.79. The lowest BCUT2D eigenvalue weighted by molar-refractivity contribution is 1.10. The van der Waals surface area contributed by atoms with Gasteiger partial charge in [0.2, 0.25) is 0 Å². The van der Waals surface area contributed by atoms with Crippen LogP contribution in [0.5, 0.6) is 0 Å². The SMILES string of the molecule is c1ccc(-c2ccc3c(ccc4c5ccccc5nc(-c5ccc(-c6cccc(-n7c(-c8ccccc8)nc8ccccc87)c6)cc5)c34)n2)cc1. The number of hydrogen-bond donors (Lipinski definition) is 0. The quantitative estimate of drug-likeness (QED) is 0.174. The molecular formula is C47H30N4. The average molecular weight is 651 g/mol. The molecular weight excluding hydrogens is 621 g/mol. The van der Waals surface area contributed by atoms with Crippen LogP contribution in [0.2, 0.25) is 0 Å². The Balaban J connectivity index is 1.10. The van der Waals surface area contributed by atoms with Gasteiger partial charge in [0.15, 0.2) is 0 Å². The van der Waals surface area contributed by atoms with Gasteiger partial charge in [-0.05, 0) is 65.0 Å². The van der Waals surface area contributed by atoms with E-state index < -0.39 is 0 Å². The first-order valence-electron chi connectivity index (χ1n) is 17.2. The summed E-state index contributed by atoms with van der Waals surface area (Å²) >= 11 is 0. The Labute approximate surface area is 295 Å². The Kier molecular flexibility index (Phi) is 6.78. The van der Waals surface area contributed by atoms with E-state index in [-0.39, 0.29) is 0 Å². The Morgan fingerprint density at radius 1 is 0.353 bits per heavy atom. The van der Waals surface area contributed by atoms with Crippen LogP contribution in [-0.4, -0.2) is 19.5 Å². The van der Waals surface area contributed by atoms with Crippen molar-refractivity contribution in [1.29, 1.82) is 0 Å². The second-order valence-electron chi connectivity index (χ2n) is 12.8. The Morgan fingerprint density at radius 2 is 1.00 bits per heavy atom. The van der Waals surface area contributed by atoms with Gasteiger partial charge in [-0.15, -0.1) is 0 Å². The molecule has 0 saturated carbocycles. The van der Waals surface area contributed by atoms with Gasteiger partial charge in [-0.3, -0.25) is 4.57 Å². The molecule has 0 spiro atoms. The summed E-state index contributed by atoms with van der Waals surface area (Å²) < 4.78 is 2.26. The van der Waals surface area contributed by atoms with E-state index in [4.69, 9.17) is 15.0 Å². The Morgan fingerprint density at radius 3 is 1.82 bits per heavy atom. The molecule has 3 aromatic heterocycles. The van der Waals surface area contributed by atoms with Crippen LogP contribution in [0.3, 0.4) is 0 Å². The molecule has 0 fully saturated rings. The fourth-order valence-electron chi connectivity index (χ4n) is 7.35. The molecule has 10 aromatic rings. The van der Waals surface area contributed by atoms with Crippen molar-refractivity contribution in [2.24, 2.45) is 0 Å². The topological polar surface area (TPSA) is 43.6 Å². The van der Waals surface area contributed by atoms with Crippen LogP contribution in [0.4, 0.5) is 0 Å². The van der Waals surface area contributed by atoms with E-state index in [9.17, 15) is 0 Å². The lowest BCUT2D eigenvalue weighted by Gasteiger charge is -2.14. The van der Waals surface area contributed by atoms with Crippen molar-refractivity contribution < 1.29 is 0 Å². The van der Waals surface area contributed by atoms with Gasteiger partial charge < -0.3 is 0 Å². The van der Waals surface area contributed by atoms with Gasteiger partial charge in [-0.2, -0.15) is 0 Å². The summed E-state index contributed by atoms with van der Waals surface area (Å²) in [5, 5.41) is 4.53. The molecule has 0 N–H and O–H groups in total. The molecule has 238 valence electrons. The van der Waals surface area contributed by atoms with Gasteiger partial charge in [-0.25, -0.2) is 15.0 Å². The molecule has 0 aliphatic carbocycles. The number of pyridine rings is 2. The van der Waals surface area contributed by atoms with Crippen molar-refractivity contribution in [3.05, 3.63) is 182 Å². The molecule has 0 aliphatic rings. The van der Waals surface area contributed by atoms with Crippen molar-refractivity contribution >= 4 is 43.6 Å². The fourth-order valence-corrected chi connectivity index (χ4v) is 7.35. The fraction of sp³-hybridized carbons (Fsp3) is 0. The molecule has 10 rings (SSSR count). The number of nitrogens with zero attached hydrogens (tertiary/aromatic N) is 4. The van der Waals surface area contributed by atoms with E-state index in [2.05, 4.69) is 168 Å². The highest BCUT2D eigenvalue weighted by atomic mass is 15.1. The maximum Gasteiger partial charge on any atom is 0.145 e. The number of fused-ring (bicyclic) bond motifs is 6. The van der Waals surface area contributed by atoms with Crippen molar-refractivity contribution in [2.45, 2.75) is 0 Å². The first kappa shape index (κ1) is 29.0. The number of aromatic nitrogens is 4. The van der Waals surface area contributed by atoms with Crippen LogP contribution in [0.1, 0.15) is 0 Å². The second kappa shape index (κ2) is 11.9. The summed E-state index contributed by atoms with van der Waals surface area (Å²) in [5.41, 5.74) is 12.5. The van der Waals surface area contributed by atoms with E-state index in [1.165, 1.54) is 5.39 Å². The Hall–Kier alpha value is -6.91. The van der Waals surface area contributed by atoms with Crippen molar-refractivity contribution in [1.82, 2.24) is 19.5 Å². The number of para-hydroxylation sites is 3. The number of imidazole rings is 1. The molecule has 0 unspecified atom stereocenters. The first-order valence-corrected chi connectivity index (χ1v) is 17.2. The molecule has 0 saturated heterocycles. The Bertz CT molecular complexity index is 2890. The highest BCUT2D eigenvalue weighted by Gasteiger charge is 2.17. The summed E-state index contributed by atoms with van der Waals surface area (Å²) in [6, 6.07) is 63.7. The van der Waals surface area contributed by atoms with Crippen molar-refractivity contribution in [3.8, 4) is 50.7 Å². The maximum atomic E-state index is 5.28. The van der Waals surface area contributed by atoms with Crippen LogP contribution >= 0.6 is 0 Å². The first-order chi connectivity index (χ1) is 25.3. The molecule has 0 bridgehead atoms. The van der Waals surface area contributed by atoms with E-state index in [0.29, 0.717) is 0 Å².